The Morgan fingerprint density at radius 2 is 1.88 bits per heavy atom. The van der Waals surface area contributed by atoms with Crippen LogP contribution in [0.3, 0.4) is 0 Å². The number of fused-ring (bicyclic) bond motifs is 1. The van der Waals surface area contributed by atoms with Crippen molar-refractivity contribution in [2.45, 2.75) is 12.6 Å². The number of carboxylic acids is 2. The first kappa shape index (κ1) is 18.4. The van der Waals surface area contributed by atoms with E-state index in [4.69, 9.17) is 15.0 Å². The second kappa shape index (κ2) is 7.30. The van der Waals surface area contributed by atoms with E-state index in [2.05, 4.69) is 9.97 Å². The van der Waals surface area contributed by atoms with Crippen LogP contribution in [0.1, 0.15) is 5.56 Å². The highest BCUT2D eigenvalue weighted by molar-refractivity contribution is 7.13. The molecule has 7 nitrogen and oxygen atoms in total. The number of rotatable bonds is 2. The van der Waals surface area contributed by atoms with Gasteiger partial charge in [-0.3, -0.25) is 4.90 Å². The summed E-state index contributed by atoms with van der Waals surface area (Å²) in [6.07, 6.45) is 0.279. The zero-order valence-corrected chi connectivity index (χ0v) is 13.1. The molecule has 0 saturated heterocycles. The molecular formula is C14H10F3N3O4S. The Morgan fingerprint density at radius 3 is 2.40 bits per heavy atom. The minimum absolute atomic E-state index is 0.339. The van der Waals surface area contributed by atoms with E-state index in [9.17, 15) is 18.0 Å². The number of anilines is 2. The molecule has 11 heteroatoms. The summed E-state index contributed by atoms with van der Waals surface area (Å²) in [5, 5.41) is 18.8. The molecule has 0 spiro atoms. The minimum atomic E-state index is -5.08. The van der Waals surface area contributed by atoms with Crippen LogP contribution < -0.4 is 4.90 Å². The van der Waals surface area contributed by atoms with Gasteiger partial charge in [-0.2, -0.15) is 13.2 Å². The molecule has 2 aromatic rings. The molecule has 3 rings (SSSR count). The Kier molecular flexibility index (Phi) is 5.37. The number of alkyl halides is 3. The molecule has 0 saturated carbocycles. The summed E-state index contributed by atoms with van der Waals surface area (Å²) in [6.45, 7) is 0. The highest BCUT2D eigenvalue weighted by Gasteiger charge is 2.38. The molecule has 2 N–H and O–H groups in total. The topological polar surface area (TPSA) is 104 Å². The van der Waals surface area contributed by atoms with Crippen molar-refractivity contribution < 1.29 is 33.0 Å². The first-order valence-corrected chi connectivity index (χ1v) is 7.45. The van der Waals surface area contributed by atoms with Gasteiger partial charge in [-0.25, -0.2) is 19.6 Å². The van der Waals surface area contributed by atoms with Gasteiger partial charge in [0.2, 0.25) is 0 Å². The van der Waals surface area contributed by atoms with Crippen LogP contribution in [0.25, 0.3) is 0 Å². The van der Waals surface area contributed by atoms with E-state index in [1.807, 2.05) is 17.5 Å². The molecule has 0 unspecified atom stereocenters. The summed E-state index contributed by atoms with van der Waals surface area (Å²) in [6, 6.07) is 3.70. The zero-order valence-electron chi connectivity index (χ0n) is 12.3. The standard InChI is InChI=1S/C12H9N3O2S.C2HF3O2/c16-11(17)9-6-8-2-1-3-13-10(8)15(7-9)12-14-4-5-18-12;3-2(4,5)1(6)7/h1-5,7H,6H2,(H,16,17);(H,6,7). The van der Waals surface area contributed by atoms with Crippen molar-refractivity contribution in [2.24, 2.45) is 0 Å². The van der Waals surface area contributed by atoms with Crippen LogP contribution in [-0.4, -0.2) is 38.3 Å². The number of nitrogens with zero attached hydrogens (tertiary/aromatic N) is 3. The number of aliphatic carboxylic acids is 2. The van der Waals surface area contributed by atoms with Crippen LogP contribution in [0.2, 0.25) is 0 Å². The Labute approximate surface area is 142 Å². The molecule has 3 heterocycles. The fraction of sp³-hybridized carbons (Fsp3) is 0.143. The number of hydrogen-bond donors (Lipinski definition) is 2. The normalized spacial score (nSPS) is 13.2. The molecule has 0 bridgehead atoms. The van der Waals surface area contributed by atoms with Crippen molar-refractivity contribution >= 4 is 34.2 Å². The number of hydrogen-bond acceptors (Lipinski definition) is 6. The molecule has 0 aliphatic carbocycles. The maximum absolute atomic E-state index is 11.1. The van der Waals surface area contributed by atoms with Gasteiger partial charge in [-0.15, -0.1) is 11.3 Å². The average molecular weight is 373 g/mol. The Morgan fingerprint density at radius 1 is 1.20 bits per heavy atom. The monoisotopic (exact) mass is 373 g/mol. The Bertz CT molecular complexity index is 806. The summed E-state index contributed by atoms with van der Waals surface area (Å²) >= 11 is 1.44. The van der Waals surface area contributed by atoms with Crippen LogP contribution >= 0.6 is 11.3 Å². The van der Waals surface area contributed by atoms with Gasteiger partial charge in [-0.05, 0) is 6.07 Å². The Balaban J connectivity index is 0.000000277. The third-order valence-electron chi connectivity index (χ3n) is 2.90. The van der Waals surface area contributed by atoms with Crippen LogP contribution in [0.5, 0.6) is 0 Å². The zero-order chi connectivity index (χ0) is 18.6. The van der Waals surface area contributed by atoms with Crippen molar-refractivity contribution in [3.05, 3.63) is 47.2 Å². The van der Waals surface area contributed by atoms with E-state index >= 15 is 0 Å². The summed E-state index contributed by atoms with van der Waals surface area (Å²) in [4.78, 5) is 30.3. The van der Waals surface area contributed by atoms with E-state index < -0.39 is 18.1 Å². The van der Waals surface area contributed by atoms with Gasteiger partial charge in [-0.1, -0.05) is 6.07 Å². The molecule has 132 valence electrons. The lowest BCUT2D eigenvalue weighted by Crippen LogP contribution is -2.21. The maximum atomic E-state index is 11.1. The molecule has 0 radical (unpaired) electrons. The van der Waals surface area contributed by atoms with Crippen molar-refractivity contribution in [1.82, 2.24) is 9.97 Å². The molecule has 1 aliphatic rings. The van der Waals surface area contributed by atoms with Crippen LogP contribution in [0.4, 0.5) is 24.1 Å². The van der Waals surface area contributed by atoms with Gasteiger partial charge in [0.25, 0.3) is 0 Å². The number of carboxylic acid groups (broad SMARTS) is 2. The highest BCUT2D eigenvalue weighted by Crippen LogP contribution is 2.33. The van der Waals surface area contributed by atoms with Gasteiger partial charge < -0.3 is 10.2 Å². The van der Waals surface area contributed by atoms with Gasteiger partial charge >= 0.3 is 18.1 Å². The molecule has 0 amide bonds. The predicted octanol–water partition coefficient (Wildman–Crippen LogP) is 2.83. The van der Waals surface area contributed by atoms with Gasteiger partial charge in [0.15, 0.2) is 5.13 Å². The van der Waals surface area contributed by atoms with E-state index in [1.54, 1.807) is 23.5 Å². The smallest absolute Gasteiger partial charge is 0.478 e. The van der Waals surface area contributed by atoms with Crippen LogP contribution in [0.15, 0.2) is 41.7 Å². The number of pyridine rings is 1. The third kappa shape index (κ3) is 4.53. The molecule has 0 atom stereocenters. The van der Waals surface area contributed by atoms with Gasteiger partial charge in [0.05, 0.1) is 5.57 Å². The lowest BCUT2D eigenvalue weighted by molar-refractivity contribution is -0.192. The molecule has 2 aromatic heterocycles. The van der Waals surface area contributed by atoms with Crippen LogP contribution in [-0.2, 0) is 16.0 Å². The second-order valence-corrected chi connectivity index (χ2v) is 5.48. The molecule has 0 fully saturated rings. The molecular weight excluding hydrogens is 363 g/mol. The fourth-order valence-electron chi connectivity index (χ4n) is 1.86. The lowest BCUT2D eigenvalue weighted by Gasteiger charge is -2.24. The first-order chi connectivity index (χ1) is 11.7. The average Bonchev–Trinajstić information content (AvgIpc) is 3.07. The summed E-state index contributed by atoms with van der Waals surface area (Å²) < 4.78 is 31.7. The number of carbonyl (C=O) groups is 2. The molecule has 1 aliphatic heterocycles. The molecule has 25 heavy (non-hydrogen) atoms. The predicted molar refractivity (Wildman–Crippen MR) is 81.6 cm³/mol. The fourth-order valence-corrected chi connectivity index (χ4v) is 2.48. The van der Waals surface area contributed by atoms with Crippen molar-refractivity contribution in [3.8, 4) is 0 Å². The largest absolute Gasteiger partial charge is 0.490 e. The van der Waals surface area contributed by atoms with Crippen LogP contribution in [0, 0.1) is 0 Å². The minimum Gasteiger partial charge on any atom is -0.478 e. The first-order valence-electron chi connectivity index (χ1n) is 6.57. The van der Waals surface area contributed by atoms with Crippen molar-refractivity contribution in [1.29, 1.82) is 0 Å². The van der Waals surface area contributed by atoms with E-state index in [-0.39, 0.29) is 0 Å². The SMILES string of the molecule is O=C(O)C(F)(F)F.O=C(O)C1=CN(c2nccs2)c2ncccc2C1. The second-order valence-electron chi connectivity index (χ2n) is 4.61. The third-order valence-corrected chi connectivity index (χ3v) is 3.67. The summed E-state index contributed by atoms with van der Waals surface area (Å²) in [7, 11) is 0. The van der Waals surface area contributed by atoms with Crippen molar-refractivity contribution in [3.63, 3.8) is 0 Å². The van der Waals surface area contributed by atoms with E-state index in [1.165, 1.54) is 11.3 Å². The van der Waals surface area contributed by atoms with Gasteiger partial charge in [0.1, 0.15) is 5.82 Å². The lowest BCUT2D eigenvalue weighted by atomic mass is 10.0. The van der Waals surface area contributed by atoms with Crippen molar-refractivity contribution in [2.75, 3.05) is 4.90 Å². The van der Waals surface area contributed by atoms with E-state index in [0.29, 0.717) is 17.1 Å². The number of aromatic nitrogens is 2. The number of thiazole rings is 1. The summed E-state index contributed by atoms with van der Waals surface area (Å²) in [5.41, 5.74) is 1.23. The maximum Gasteiger partial charge on any atom is 0.490 e. The summed E-state index contributed by atoms with van der Waals surface area (Å²) in [5.74, 6) is -2.92. The van der Waals surface area contributed by atoms with Gasteiger partial charge in [0, 0.05) is 36.0 Å². The highest BCUT2D eigenvalue weighted by atomic mass is 32.1. The van der Waals surface area contributed by atoms with E-state index in [0.717, 1.165) is 11.4 Å². The quantitative estimate of drug-likeness (QED) is 0.834. The molecule has 0 aromatic carbocycles. The Hall–Kier alpha value is -2.95. The number of halogens is 3.